The van der Waals surface area contributed by atoms with Crippen molar-refractivity contribution >= 4 is 5.91 Å². The van der Waals surface area contributed by atoms with Crippen LogP contribution in [-0.2, 0) is 11.2 Å². The van der Waals surface area contributed by atoms with Gasteiger partial charge < -0.3 is 9.32 Å². The van der Waals surface area contributed by atoms with E-state index in [1.165, 1.54) is 18.4 Å². The Labute approximate surface area is 150 Å². The predicted octanol–water partition coefficient (Wildman–Crippen LogP) is 4.62. The minimum absolute atomic E-state index is 0.189. The average Bonchev–Trinajstić information content (AvgIpc) is 3.09. The van der Waals surface area contributed by atoms with Crippen LogP contribution in [0.25, 0.3) is 11.3 Å². The van der Waals surface area contributed by atoms with E-state index < -0.39 is 0 Å². The molecule has 1 saturated carbocycles. The normalized spacial score (nSPS) is 20.4. The van der Waals surface area contributed by atoms with E-state index in [0.29, 0.717) is 24.8 Å². The number of hydrogen-bond acceptors (Lipinski definition) is 3. The Morgan fingerprint density at radius 1 is 1.20 bits per heavy atom. The zero-order valence-electron chi connectivity index (χ0n) is 15.5. The van der Waals surface area contributed by atoms with Crippen molar-refractivity contribution in [2.75, 3.05) is 7.05 Å². The Morgan fingerprint density at radius 3 is 2.56 bits per heavy atom. The summed E-state index contributed by atoms with van der Waals surface area (Å²) in [6.45, 7) is 4.36. The van der Waals surface area contributed by atoms with Gasteiger partial charge in [0.2, 0.25) is 5.91 Å². The van der Waals surface area contributed by atoms with Gasteiger partial charge in [-0.1, -0.05) is 36.8 Å². The minimum atomic E-state index is 0.189. The van der Waals surface area contributed by atoms with E-state index in [0.717, 1.165) is 30.1 Å². The van der Waals surface area contributed by atoms with Crippen LogP contribution in [0.3, 0.4) is 0 Å². The summed E-state index contributed by atoms with van der Waals surface area (Å²) in [5, 5.41) is 0. The Bertz CT molecular complexity index is 697. The molecule has 0 aliphatic heterocycles. The summed E-state index contributed by atoms with van der Waals surface area (Å²) in [6, 6.07) is 8.57. The number of benzene rings is 1. The highest BCUT2D eigenvalue weighted by atomic mass is 16.4. The van der Waals surface area contributed by atoms with Crippen LogP contribution < -0.4 is 0 Å². The molecule has 0 saturated heterocycles. The lowest BCUT2D eigenvalue weighted by atomic mass is 9.86. The summed E-state index contributed by atoms with van der Waals surface area (Å²) in [5.41, 5.74) is 2.23. The number of hydrogen-bond donors (Lipinski definition) is 0. The van der Waals surface area contributed by atoms with Crippen LogP contribution in [0.1, 0.15) is 50.5 Å². The second kappa shape index (κ2) is 7.85. The Kier molecular flexibility index (Phi) is 5.57. The lowest BCUT2D eigenvalue weighted by Gasteiger charge is -2.33. The molecule has 0 unspecified atom stereocenters. The molecule has 0 spiro atoms. The van der Waals surface area contributed by atoms with Crippen LogP contribution in [-0.4, -0.2) is 28.9 Å². The highest BCUT2D eigenvalue weighted by Gasteiger charge is 2.24. The van der Waals surface area contributed by atoms with Crippen molar-refractivity contribution in [3.05, 3.63) is 41.9 Å². The van der Waals surface area contributed by atoms with Crippen molar-refractivity contribution in [2.45, 2.75) is 58.4 Å². The van der Waals surface area contributed by atoms with Crippen molar-refractivity contribution in [3.8, 4) is 11.3 Å². The molecule has 1 heterocycles. The first-order valence-electron chi connectivity index (χ1n) is 9.30. The van der Waals surface area contributed by atoms with Gasteiger partial charge in [0.25, 0.3) is 0 Å². The molecule has 0 atom stereocenters. The number of rotatable bonds is 5. The number of oxazole rings is 1. The summed E-state index contributed by atoms with van der Waals surface area (Å²) in [7, 11) is 1.94. The van der Waals surface area contributed by atoms with Gasteiger partial charge in [-0.05, 0) is 38.5 Å². The van der Waals surface area contributed by atoms with Crippen LogP contribution in [0.4, 0.5) is 0 Å². The summed E-state index contributed by atoms with van der Waals surface area (Å²) < 4.78 is 5.82. The molecule has 1 aromatic carbocycles. The van der Waals surface area contributed by atoms with Gasteiger partial charge in [-0.3, -0.25) is 4.79 Å². The highest BCUT2D eigenvalue weighted by Crippen LogP contribution is 2.27. The first-order chi connectivity index (χ1) is 12.0. The number of aryl methyl sites for hydroxylation is 2. The molecule has 4 heteroatoms. The summed E-state index contributed by atoms with van der Waals surface area (Å²) in [4.78, 5) is 18.7. The molecular weight excluding hydrogens is 312 g/mol. The molecule has 1 aromatic heterocycles. The van der Waals surface area contributed by atoms with Crippen LogP contribution in [0.15, 0.2) is 34.9 Å². The minimum Gasteiger partial charge on any atom is -0.441 e. The van der Waals surface area contributed by atoms with E-state index in [4.69, 9.17) is 4.42 Å². The fourth-order valence-electron chi connectivity index (χ4n) is 3.50. The fourth-order valence-corrected chi connectivity index (χ4v) is 3.50. The molecule has 4 nitrogen and oxygen atoms in total. The highest BCUT2D eigenvalue weighted by molar-refractivity contribution is 5.76. The van der Waals surface area contributed by atoms with Gasteiger partial charge in [0.1, 0.15) is 0 Å². The topological polar surface area (TPSA) is 46.3 Å². The molecule has 1 aliphatic carbocycles. The van der Waals surface area contributed by atoms with Crippen molar-refractivity contribution in [1.82, 2.24) is 9.88 Å². The third-order valence-electron chi connectivity index (χ3n) is 5.37. The first kappa shape index (κ1) is 17.7. The number of amides is 1. The number of aromatic nitrogens is 1. The van der Waals surface area contributed by atoms with E-state index in [9.17, 15) is 4.79 Å². The maximum absolute atomic E-state index is 12.5. The Balaban J connectivity index is 1.53. The van der Waals surface area contributed by atoms with Crippen molar-refractivity contribution in [3.63, 3.8) is 0 Å². The molecule has 2 aromatic rings. The maximum Gasteiger partial charge on any atom is 0.223 e. The molecule has 0 bridgehead atoms. The first-order valence-corrected chi connectivity index (χ1v) is 9.30. The second-order valence-electron chi connectivity index (χ2n) is 7.40. The summed E-state index contributed by atoms with van der Waals surface area (Å²) in [6.07, 6.45) is 7.45. The van der Waals surface area contributed by atoms with Crippen molar-refractivity contribution in [2.24, 2.45) is 5.92 Å². The lowest BCUT2D eigenvalue weighted by Crippen LogP contribution is -2.39. The van der Waals surface area contributed by atoms with Gasteiger partial charge in [0, 0.05) is 31.5 Å². The zero-order valence-corrected chi connectivity index (χ0v) is 15.5. The van der Waals surface area contributed by atoms with Crippen molar-refractivity contribution in [1.29, 1.82) is 0 Å². The van der Waals surface area contributed by atoms with Gasteiger partial charge in [0.05, 0.1) is 6.20 Å². The molecule has 0 radical (unpaired) electrons. The predicted molar refractivity (Wildman–Crippen MR) is 99.2 cm³/mol. The third-order valence-corrected chi connectivity index (χ3v) is 5.37. The smallest absolute Gasteiger partial charge is 0.223 e. The lowest BCUT2D eigenvalue weighted by molar-refractivity contribution is -0.132. The van der Waals surface area contributed by atoms with Crippen LogP contribution in [0.2, 0.25) is 0 Å². The second-order valence-corrected chi connectivity index (χ2v) is 7.40. The molecule has 1 amide bonds. The van der Waals surface area contributed by atoms with Crippen LogP contribution >= 0.6 is 0 Å². The Hall–Kier alpha value is -2.10. The third kappa shape index (κ3) is 4.50. The summed E-state index contributed by atoms with van der Waals surface area (Å²) >= 11 is 0. The standard InChI is InChI=1S/C21H28N2O2/c1-15-4-8-17(9-5-15)19-14-22-20(25-19)12-13-21(24)23(3)18-10-6-16(2)7-11-18/h4-5,8-9,14,16,18H,6-7,10-13H2,1-3H3. The molecule has 0 N–H and O–H groups in total. The van der Waals surface area contributed by atoms with E-state index >= 15 is 0 Å². The van der Waals surface area contributed by atoms with Gasteiger partial charge in [-0.25, -0.2) is 4.98 Å². The quantitative estimate of drug-likeness (QED) is 0.798. The monoisotopic (exact) mass is 340 g/mol. The number of carbonyl (C=O) groups excluding carboxylic acids is 1. The van der Waals surface area contributed by atoms with Gasteiger partial charge in [-0.15, -0.1) is 0 Å². The number of carbonyl (C=O) groups is 1. The van der Waals surface area contributed by atoms with E-state index in [1.54, 1.807) is 6.20 Å². The number of nitrogens with zero attached hydrogens (tertiary/aromatic N) is 2. The molecule has 3 rings (SSSR count). The SMILES string of the molecule is Cc1ccc(-c2cnc(CCC(=O)N(C)C3CCC(C)CC3)o2)cc1. The maximum atomic E-state index is 12.5. The molecule has 1 fully saturated rings. The zero-order chi connectivity index (χ0) is 17.8. The van der Waals surface area contributed by atoms with E-state index in [2.05, 4.69) is 31.0 Å². The van der Waals surface area contributed by atoms with E-state index in [1.807, 2.05) is 24.1 Å². The molecule has 25 heavy (non-hydrogen) atoms. The largest absolute Gasteiger partial charge is 0.441 e. The summed E-state index contributed by atoms with van der Waals surface area (Å²) in [5.74, 6) is 2.38. The van der Waals surface area contributed by atoms with Crippen LogP contribution in [0.5, 0.6) is 0 Å². The molecule has 1 aliphatic rings. The van der Waals surface area contributed by atoms with Gasteiger partial charge in [-0.2, -0.15) is 0 Å². The van der Waals surface area contributed by atoms with E-state index in [-0.39, 0.29) is 5.91 Å². The average molecular weight is 340 g/mol. The van der Waals surface area contributed by atoms with Gasteiger partial charge >= 0.3 is 0 Å². The fraction of sp³-hybridized carbons (Fsp3) is 0.524. The molecular formula is C21H28N2O2. The van der Waals surface area contributed by atoms with Gasteiger partial charge in [0.15, 0.2) is 11.7 Å². The van der Waals surface area contributed by atoms with Crippen LogP contribution in [0, 0.1) is 12.8 Å². The Morgan fingerprint density at radius 2 is 1.88 bits per heavy atom. The van der Waals surface area contributed by atoms with Crippen molar-refractivity contribution < 1.29 is 9.21 Å². The molecule has 134 valence electrons.